The summed E-state index contributed by atoms with van der Waals surface area (Å²) in [6.45, 7) is 3.85. The minimum atomic E-state index is -0.271. The highest BCUT2D eigenvalue weighted by Gasteiger charge is 2.14. The van der Waals surface area contributed by atoms with Gasteiger partial charge in [-0.05, 0) is 54.8 Å². The predicted octanol–water partition coefficient (Wildman–Crippen LogP) is 5.03. The van der Waals surface area contributed by atoms with Crippen LogP contribution >= 0.6 is 22.9 Å². The molecule has 1 N–H and O–H groups in total. The SMILES string of the molecule is Cc1cc(C)cc(NC(=O)Cn2cnc3c(-c4ccc(Cl)cc4)csc3c2=O)c1. The summed E-state index contributed by atoms with van der Waals surface area (Å²) in [7, 11) is 0. The summed E-state index contributed by atoms with van der Waals surface area (Å²) < 4.78 is 1.86. The van der Waals surface area contributed by atoms with E-state index in [1.54, 1.807) is 12.1 Å². The Kier molecular flexibility index (Phi) is 5.22. The molecule has 0 aliphatic heterocycles. The molecule has 0 saturated carbocycles. The van der Waals surface area contributed by atoms with E-state index < -0.39 is 0 Å². The van der Waals surface area contributed by atoms with Crippen molar-refractivity contribution in [2.24, 2.45) is 0 Å². The van der Waals surface area contributed by atoms with Gasteiger partial charge in [0.1, 0.15) is 11.2 Å². The molecule has 2 aromatic heterocycles. The van der Waals surface area contributed by atoms with Gasteiger partial charge in [0.15, 0.2) is 0 Å². The molecule has 4 aromatic rings. The molecule has 0 bridgehead atoms. The van der Waals surface area contributed by atoms with Gasteiger partial charge in [0.05, 0.1) is 11.8 Å². The molecule has 0 fully saturated rings. The minimum Gasteiger partial charge on any atom is -0.325 e. The van der Waals surface area contributed by atoms with E-state index in [0.717, 1.165) is 27.9 Å². The Hall–Kier alpha value is -2.96. The number of benzene rings is 2. The molecular weight excluding hydrogens is 406 g/mol. The van der Waals surface area contributed by atoms with Crippen LogP contribution in [0.3, 0.4) is 0 Å². The molecule has 7 heteroatoms. The molecule has 146 valence electrons. The van der Waals surface area contributed by atoms with Crippen LogP contribution < -0.4 is 10.9 Å². The van der Waals surface area contributed by atoms with Gasteiger partial charge in [0.25, 0.3) is 5.56 Å². The highest BCUT2D eigenvalue weighted by atomic mass is 35.5. The first-order valence-electron chi connectivity index (χ1n) is 9.01. The number of anilines is 1. The predicted molar refractivity (Wildman–Crippen MR) is 119 cm³/mol. The van der Waals surface area contributed by atoms with Crippen LogP contribution in [0, 0.1) is 13.8 Å². The van der Waals surface area contributed by atoms with Gasteiger partial charge in [-0.1, -0.05) is 29.8 Å². The van der Waals surface area contributed by atoms with E-state index in [2.05, 4.69) is 10.3 Å². The molecule has 2 aromatic carbocycles. The Morgan fingerprint density at radius 1 is 1.14 bits per heavy atom. The number of amides is 1. The summed E-state index contributed by atoms with van der Waals surface area (Å²) in [4.78, 5) is 29.7. The van der Waals surface area contributed by atoms with Crippen molar-refractivity contribution in [3.8, 4) is 11.1 Å². The van der Waals surface area contributed by atoms with Crippen molar-refractivity contribution in [2.45, 2.75) is 20.4 Å². The maximum atomic E-state index is 12.9. The minimum absolute atomic E-state index is 0.0943. The summed E-state index contributed by atoms with van der Waals surface area (Å²) in [5.41, 5.74) is 5.08. The number of halogens is 1. The molecule has 0 unspecified atom stereocenters. The zero-order valence-corrected chi connectivity index (χ0v) is 17.5. The number of carbonyl (C=O) groups is 1. The number of nitrogens with one attached hydrogen (secondary N) is 1. The lowest BCUT2D eigenvalue weighted by Gasteiger charge is -2.09. The first-order valence-corrected chi connectivity index (χ1v) is 10.3. The van der Waals surface area contributed by atoms with Gasteiger partial charge in [0, 0.05) is 21.7 Å². The van der Waals surface area contributed by atoms with Gasteiger partial charge in [-0.2, -0.15) is 0 Å². The van der Waals surface area contributed by atoms with Crippen molar-refractivity contribution in [3.05, 3.63) is 80.7 Å². The Balaban J connectivity index is 1.60. The van der Waals surface area contributed by atoms with Crippen LogP contribution in [0.4, 0.5) is 5.69 Å². The van der Waals surface area contributed by atoms with E-state index in [0.29, 0.717) is 15.2 Å². The number of fused-ring (bicyclic) bond motifs is 1. The molecule has 2 heterocycles. The quantitative estimate of drug-likeness (QED) is 0.500. The van der Waals surface area contributed by atoms with Crippen molar-refractivity contribution >= 4 is 44.7 Å². The van der Waals surface area contributed by atoms with Crippen LogP contribution in [-0.2, 0) is 11.3 Å². The number of thiophene rings is 1. The largest absolute Gasteiger partial charge is 0.325 e. The summed E-state index contributed by atoms with van der Waals surface area (Å²) in [5.74, 6) is -0.271. The molecule has 4 rings (SSSR count). The number of rotatable bonds is 4. The lowest BCUT2D eigenvalue weighted by Crippen LogP contribution is -2.27. The fourth-order valence-corrected chi connectivity index (χ4v) is 4.39. The number of hydrogen-bond acceptors (Lipinski definition) is 4. The van der Waals surface area contributed by atoms with Crippen molar-refractivity contribution < 1.29 is 4.79 Å². The van der Waals surface area contributed by atoms with Gasteiger partial charge in [-0.15, -0.1) is 11.3 Å². The van der Waals surface area contributed by atoms with Gasteiger partial charge in [-0.3, -0.25) is 14.2 Å². The molecule has 0 aliphatic carbocycles. The first kappa shape index (κ1) is 19.4. The van der Waals surface area contributed by atoms with Gasteiger partial charge < -0.3 is 5.32 Å². The number of aromatic nitrogens is 2. The molecule has 5 nitrogen and oxygen atoms in total. The van der Waals surface area contributed by atoms with E-state index in [9.17, 15) is 9.59 Å². The molecule has 0 saturated heterocycles. The van der Waals surface area contributed by atoms with Crippen LogP contribution in [-0.4, -0.2) is 15.5 Å². The summed E-state index contributed by atoms with van der Waals surface area (Å²) >= 11 is 7.28. The molecule has 1 amide bonds. The van der Waals surface area contributed by atoms with Crippen LogP contribution in [0.15, 0.2) is 59.0 Å². The lowest BCUT2D eigenvalue weighted by molar-refractivity contribution is -0.116. The molecule has 0 aliphatic rings. The third kappa shape index (κ3) is 4.09. The van der Waals surface area contributed by atoms with Crippen LogP contribution in [0.1, 0.15) is 11.1 Å². The van der Waals surface area contributed by atoms with Crippen LogP contribution in [0.2, 0.25) is 5.02 Å². The highest BCUT2D eigenvalue weighted by molar-refractivity contribution is 7.17. The number of hydrogen-bond donors (Lipinski definition) is 1. The molecule has 0 atom stereocenters. The monoisotopic (exact) mass is 423 g/mol. The number of nitrogens with zero attached hydrogens (tertiary/aromatic N) is 2. The van der Waals surface area contributed by atoms with Crippen molar-refractivity contribution in [1.82, 2.24) is 9.55 Å². The van der Waals surface area contributed by atoms with E-state index in [-0.39, 0.29) is 18.0 Å². The summed E-state index contributed by atoms with van der Waals surface area (Å²) in [6, 6.07) is 13.2. The maximum Gasteiger partial charge on any atom is 0.271 e. The summed E-state index contributed by atoms with van der Waals surface area (Å²) in [6.07, 6.45) is 1.43. The van der Waals surface area contributed by atoms with E-state index in [1.165, 1.54) is 22.2 Å². The lowest BCUT2D eigenvalue weighted by atomic mass is 10.1. The zero-order valence-electron chi connectivity index (χ0n) is 15.9. The Labute approximate surface area is 176 Å². The van der Waals surface area contributed by atoms with E-state index in [1.807, 2.05) is 49.6 Å². The van der Waals surface area contributed by atoms with Crippen molar-refractivity contribution in [2.75, 3.05) is 5.32 Å². The average molecular weight is 424 g/mol. The standard InChI is InChI=1S/C22H18ClN3O2S/c1-13-7-14(2)9-17(8-13)25-19(27)10-26-12-24-20-18(11-29-21(20)22(26)28)15-3-5-16(23)6-4-15/h3-9,11-12H,10H2,1-2H3,(H,25,27). The van der Waals surface area contributed by atoms with Gasteiger partial charge in [0.2, 0.25) is 5.91 Å². The van der Waals surface area contributed by atoms with Crippen molar-refractivity contribution in [3.63, 3.8) is 0 Å². The fourth-order valence-electron chi connectivity index (χ4n) is 3.29. The van der Waals surface area contributed by atoms with Gasteiger partial charge in [-0.25, -0.2) is 4.98 Å². The Morgan fingerprint density at radius 2 is 1.83 bits per heavy atom. The fraction of sp³-hybridized carbons (Fsp3) is 0.136. The van der Waals surface area contributed by atoms with Gasteiger partial charge >= 0.3 is 0 Å². The number of aryl methyl sites for hydroxylation is 2. The Morgan fingerprint density at radius 3 is 2.52 bits per heavy atom. The molecular formula is C22H18ClN3O2S. The molecule has 0 spiro atoms. The van der Waals surface area contributed by atoms with Crippen molar-refractivity contribution in [1.29, 1.82) is 0 Å². The topological polar surface area (TPSA) is 64.0 Å². The van der Waals surface area contributed by atoms with E-state index in [4.69, 9.17) is 11.6 Å². The number of carbonyl (C=O) groups excluding carboxylic acids is 1. The smallest absolute Gasteiger partial charge is 0.271 e. The zero-order chi connectivity index (χ0) is 20.5. The van der Waals surface area contributed by atoms with Crippen LogP contribution in [0.5, 0.6) is 0 Å². The first-order chi connectivity index (χ1) is 13.9. The third-order valence-electron chi connectivity index (χ3n) is 4.52. The second kappa shape index (κ2) is 7.81. The summed E-state index contributed by atoms with van der Waals surface area (Å²) in [5, 5.41) is 5.40. The Bertz CT molecular complexity index is 1260. The molecule has 29 heavy (non-hydrogen) atoms. The normalized spacial score (nSPS) is 11.0. The average Bonchev–Trinajstić information content (AvgIpc) is 3.08. The van der Waals surface area contributed by atoms with Crippen LogP contribution in [0.25, 0.3) is 21.3 Å². The second-order valence-electron chi connectivity index (χ2n) is 6.94. The maximum absolute atomic E-state index is 12.9. The highest BCUT2D eigenvalue weighted by Crippen LogP contribution is 2.31. The second-order valence-corrected chi connectivity index (χ2v) is 8.25. The van der Waals surface area contributed by atoms with E-state index >= 15 is 0 Å². The third-order valence-corrected chi connectivity index (χ3v) is 5.73. The molecule has 0 radical (unpaired) electrons.